The summed E-state index contributed by atoms with van der Waals surface area (Å²) >= 11 is 0. The molecule has 1 aromatic rings. The minimum absolute atomic E-state index is 0.0398. The van der Waals surface area contributed by atoms with Crippen molar-refractivity contribution in [3.8, 4) is 0 Å². The first-order valence-electron chi connectivity index (χ1n) is 7.12. The number of carbonyl (C=O) groups is 2. The standard InChI is InChI=1S/C15H23N3O3/c1-4-16-10-11(3)14(19)17-12-6-8-13(9-7-12)18-15(20)21-5-2/h6-9,11,16H,4-5,10H2,1-3H3,(H,17,19)(H,18,20). The number of hydrogen-bond acceptors (Lipinski definition) is 4. The van der Waals surface area contributed by atoms with Gasteiger partial charge in [-0.2, -0.15) is 0 Å². The minimum atomic E-state index is -0.492. The molecule has 1 aromatic carbocycles. The molecule has 1 rings (SSSR count). The Morgan fingerprint density at radius 1 is 1.10 bits per heavy atom. The zero-order valence-electron chi connectivity index (χ0n) is 12.7. The van der Waals surface area contributed by atoms with Crippen LogP contribution in [0.2, 0.25) is 0 Å². The Labute approximate surface area is 125 Å². The molecule has 0 heterocycles. The summed E-state index contributed by atoms with van der Waals surface area (Å²) in [6.45, 7) is 7.42. The van der Waals surface area contributed by atoms with Gasteiger partial charge in [-0.1, -0.05) is 13.8 Å². The van der Waals surface area contributed by atoms with E-state index in [-0.39, 0.29) is 11.8 Å². The maximum absolute atomic E-state index is 11.9. The molecule has 0 saturated carbocycles. The Bertz CT molecular complexity index is 460. The molecule has 0 spiro atoms. The maximum Gasteiger partial charge on any atom is 0.411 e. The molecular formula is C15H23N3O3. The van der Waals surface area contributed by atoms with E-state index >= 15 is 0 Å². The van der Waals surface area contributed by atoms with E-state index in [9.17, 15) is 9.59 Å². The predicted molar refractivity (Wildman–Crippen MR) is 83.4 cm³/mol. The molecule has 6 heteroatoms. The average molecular weight is 293 g/mol. The van der Waals surface area contributed by atoms with E-state index in [1.54, 1.807) is 31.2 Å². The topological polar surface area (TPSA) is 79.5 Å². The number of amides is 2. The quantitative estimate of drug-likeness (QED) is 0.721. The van der Waals surface area contributed by atoms with Crippen LogP contribution in [0, 0.1) is 5.92 Å². The lowest BCUT2D eigenvalue weighted by molar-refractivity contribution is -0.119. The van der Waals surface area contributed by atoms with Crippen LogP contribution in [0.3, 0.4) is 0 Å². The molecule has 0 saturated heterocycles. The molecule has 3 N–H and O–H groups in total. The summed E-state index contributed by atoms with van der Waals surface area (Å²) in [5.74, 6) is -0.149. The summed E-state index contributed by atoms with van der Waals surface area (Å²) in [6, 6.07) is 6.89. The monoisotopic (exact) mass is 293 g/mol. The lowest BCUT2D eigenvalue weighted by atomic mass is 10.1. The van der Waals surface area contributed by atoms with E-state index in [1.807, 2.05) is 13.8 Å². The highest BCUT2D eigenvalue weighted by molar-refractivity contribution is 5.93. The summed E-state index contributed by atoms with van der Waals surface area (Å²) < 4.78 is 4.78. The molecule has 21 heavy (non-hydrogen) atoms. The van der Waals surface area contributed by atoms with Gasteiger partial charge in [0.1, 0.15) is 0 Å². The Hall–Kier alpha value is -2.08. The summed E-state index contributed by atoms with van der Waals surface area (Å²) in [6.07, 6.45) is -0.492. The Kier molecular flexibility index (Phi) is 7.25. The van der Waals surface area contributed by atoms with E-state index < -0.39 is 6.09 Å². The van der Waals surface area contributed by atoms with Crippen LogP contribution in [0.25, 0.3) is 0 Å². The van der Waals surface area contributed by atoms with Crippen LogP contribution in [0.4, 0.5) is 16.2 Å². The van der Waals surface area contributed by atoms with E-state index in [0.29, 0.717) is 24.5 Å². The SMILES string of the molecule is CCNCC(C)C(=O)Nc1ccc(NC(=O)OCC)cc1. The molecule has 1 atom stereocenters. The van der Waals surface area contributed by atoms with E-state index in [4.69, 9.17) is 4.74 Å². The fourth-order valence-electron chi connectivity index (χ4n) is 1.64. The van der Waals surface area contributed by atoms with Gasteiger partial charge in [-0.3, -0.25) is 10.1 Å². The Balaban J connectivity index is 2.50. The smallest absolute Gasteiger partial charge is 0.411 e. The first-order chi connectivity index (χ1) is 10.1. The number of anilines is 2. The van der Waals surface area contributed by atoms with Gasteiger partial charge in [-0.05, 0) is 37.7 Å². The van der Waals surface area contributed by atoms with Crippen LogP contribution in [-0.4, -0.2) is 31.7 Å². The van der Waals surface area contributed by atoms with Crippen LogP contribution in [0.1, 0.15) is 20.8 Å². The Morgan fingerprint density at radius 2 is 1.67 bits per heavy atom. The number of ether oxygens (including phenoxy) is 1. The molecule has 2 amide bonds. The summed E-state index contributed by atoms with van der Waals surface area (Å²) in [5, 5.41) is 8.56. The van der Waals surface area contributed by atoms with Crippen molar-refractivity contribution in [1.82, 2.24) is 5.32 Å². The molecule has 0 aliphatic heterocycles. The van der Waals surface area contributed by atoms with Crippen molar-refractivity contribution in [2.24, 2.45) is 5.92 Å². The third-order valence-corrected chi connectivity index (χ3v) is 2.82. The number of hydrogen-bond donors (Lipinski definition) is 3. The molecule has 116 valence electrons. The third kappa shape index (κ3) is 6.27. The number of rotatable bonds is 7. The van der Waals surface area contributed by atoms with Crippen LogP contribution in [0.15, 0.2) is 24.3 Å². The molecule has 0 aliphatic carbocycles. The first kappa shape index (κ1) is 17.0. The number of nitrogens with one attached hydrogen (secondary N) is 3. The average Bonchev–Trinajstić information content (AvgIpc) is 2.47. The van der Waals surface area contributed by atoms with Gasteiger partial charge in [0.05, 0.1) is 6.61 Å². The highest BCUT2D eigenvalue weighted by Crippen LogP contribution is 2.14. The molecule has 0 fully saturated rings. The van der Waals surface area contributed by atoms with Crippen molar-refractivity contribution in [2.75, 3.05) is 30.3 Å². The lowest BCUT2D eigenvalue weighted by Crippen LogP contribution is -2.30. The van der Waals surface area contributed by atoms with Crippen LogP contribution in [-0.2, 0) is 9.53 Å². The van der Waals surface area contributed by atoms with Crippen molar-refractivity contribution < 1.29 is 14.3 Å². The first-order valence-corrected chi connectivity index (χ1v) is 7.12. The van der Waals surface area contributed by atoms with Crippen molar-refractivity contribution in [3.63, 3.8) is 0 Å². The fraction of sp³-hybridized carbons (Fsp3) is 0.467. The van der Waals surface area contributed by atoms with Gasteiger partial charge in [0, 0.05) is 23.8 Å². The molecule has 0 radical (unpaired) electrons. The number of carbonyl (C=O) groups excluding carboxylic acids is 2. The normalized spacial score (nSPS) is 11.6. The summed E-state index contributed by atoms with van der Waals surface area (Å²) in [7, 11) is 0. The predicted octanol–water partition coefficient (Wildman–Crippen LogP) is 2.44. The largest absolute Gasteiger partial charge is 0.450 e. The van der Waals surface area contributed by atoms with Gasteiger partial charge >= 0.3 is 6.09 Å². The minimum Gasteiger partial charge on any atom is -0.450 e. The second-order valence-corrected chi connectivity index (χ2v) is 4.62. The van der Waals surface area contributed by atoms with Crippen LogP contribution < -0.4 is 16.0 Å². The van der Waals surface area contributed by atoms with Gasteiger partial charge in [0.15, 0.2) is 0 Å². The molecule has 0 bridgehead atoms. The molecule has 0 aromatic heterocycles. The lowest BCUT2D eigenvalue weighted by Gasteiger charge is -2.13. The van der Waals surface area contributed by atoms with Gasteiger partial charge in [0.25, 0.3) is 0 Å². The third-order valence-electron chi connectivity index (χ3n) is 2.82. The highest BCUT2D eigenvalue weighted by Gasteiger charge is 2.12. The fourth-order valence-corrected chi connectivity index (χ4v) is 1.64. The maximum atomic E-state index is 11.9. The zero-order valence-corrected chi connectivity index (χ0v) is 12.7. The van der Waals surface area contributed by atoms with Crippen LogP contribution >= 0.6 is 0 Å². The Morgan fingerprint density at radius 3 is 2.19 bits per heavy atom. The van der Waals surface area contributed by atoms with Gasteiger partial charge in [-0.15, -0.1) is 0 Å². The van der Waals surface area contributed by atoms with E-state index in [2.05, 4.69) is 16.0 Å². The van der Waals surface area contributed by atoms with Crippen LogP contribution in [0.5, 0.6) is 0 Å². The highest BCUT2D eigenvalue weighted by atomic mass is 16.5. The second kappa shape index (κ2) is 8.97. The second-order valence-electron chi connectivity index (χ2n) is 4.62. The van der Waals surface area contributed by atoms with Gasteiger partial charge in [-0.25, -0.2) is 4.79 Å². The van der Waals surface area contributed by atoms with Crippen molar-refractivity contribution >= 4 is 23.4 Å². The summed E-state index contributed by atoms with van der Waals surface area (Å²) in [4.78, 5) is 23.2. The molecular weight excluding hydrogens is 270 g/mol. The molecule has 0 aliphatic rings. The molecule has 1 unspecified atom stereocenters. The van der Waals surface area contributed by atoms with E-state index in [1.165, 1.54) is 0 Å². The summed E-state index contributed by atoms with van der Waals surface area (Å²) in [5.41, 5.74) is 1.31. The van der Waals surface area contributed by atoms with Crippen molar-refractivity contribution in [2.45, 2.75) is 20.8 Å². The van der Waals surface area contributed by atoms with Gasteiger partial charge in [0.2, 0.25) is 5.91 Å². The van der Waals surface area contributed by atoms with Crippen molar-refractivity contribution in [3.05, 3.63) is 24.3 Å². The van der Waals surface area contributed by atoms with Gasteiger partial charge < -0.3 is 15.4 Å². The van der Waals surface area contributed by atoms with E-state index in [0.717, 1.165) is 6.54 Å². The molecule has 6 nitrogen and oxygen atoms in total. The zero-order chi connectivity index (χ0) is 15.7. The number of benzene rings is 1. The van der Waals surface area contributed by atoms with Crippen molar-refractivity contribution in [1.29, 1.82) is 0 Å².